The molecule has 0 aliphatic carbocycles. The molecule has 0 amide bonds. The van der Waals surface area contributed by atoms with Gasteiger partial charge in [-0.05, 0) is 29.7 Å². The number of fused-ring (bicyclic) bond motifs is 1. The van der Waals surface area contributed by atoms with E-state index < -0.39 is 0 Å². The van der Waals surface area contributed by atoms with Gasteiger partial charge in [0.2, 0.25) is 11.7 Å². The summed E-state index contributed by atoms with van der Waals surface area (Å²) in [5, 5.41) is 5.08. The van der Waals surface area contributed by atoms with Gasteiger partial charge >= 0.3 is 0 Å². The van der Waals surface area contributed by atoms with E-state index in [0.717, 1.165) is 16.5 Å². The molecule has 2 aromatic heterocycles. The Kier molecular flexibility index (Phi) is 3.22. The molecule has 0 aliphatic heterocycles. The molecule has 0 saturated carbocycles. The molecule has 0 saturated heterocycles. The monoisotopic (exact) mass is 282 g/mol. The molecule has 0 bridgehead atoms. The zero-order chi connectivity index (χ0) is 15.0. The van der Waals surface area contributed by atoms with Gasteiger partial charge < -0.3 is 10.3 Å². The van der Waals surface area contributed by atoms with Crippen LogP contribution in [0.25, 0.3) is 22.3 Å². The lowest BCUT2D eigenvalue weighted by molar-refractivity contribution is 0.253. The summed E-state index contributed by atoms with van der Waals surface area (Å²) < 4.78 is 5.32. The zero-order valence-corrected chi connectivity index (χ0v) is 12.4. The number of hydrogen-bond acceptors (Lipinski definition) is 5. The van der Waals surface area contributed by atoms with Crippen LogP contribution in [-0.2, 0) is 0 Å². The second-order valence-electron chi connectivity index (χ2n) is 6.21. The number of rotatable bonds is 2. The minimum Gasteiger partial charge on any atom is -0.337 e. The number of benzene rings is 1. The molecule has 1 aromatic carbocycles. The molecule has 5 heteroatoms. The topological polar surface area (TPSA) is 77.8 Å². The van der Waals surface area contributed by atoms with Crippen LogP contribution in [0.1, 0.15) is 32.7 Å². The van der Waals surface area contributed by atoms with Crippen molar-refractivity contribution in [3.63, 3.8) is 0 Å². The molecule has 2 N–H and O–H groups in total. The van der Waals surface area contributed by atoms with Gasteiger partial charge in [0.05, 0.1) is 11.6 Å². The highest BCUT2D eigenvalue weighted by atomic mass is 16.5. The highest BCUT2D eigenvalue weighted by Crippen LogP contribution is 2.30. The summed E-state index contributed by atoms with van der Waals surface area (Å²) in [5.74, 6) is 1.01. The van der Waals surface area contributed by atoms with Gasteiger partial charge in [-0.25, -0.2) is 0 Å². The first-order valence-corrected chi connectivity index (χ1v) is 6.89. The van der Waals surface area contributed by atoms with Crippen molar-refractivity contribution in [1.82, 2.24) is 15.1 Å². The molecule has 1 atom stereocenters. The van der Waals surface area contributed by atoms with E-state index in [0.29, 0.717) is 11.7 Å². The third kappa shape index (κ3) is 2.64. The minimum absolute atomic E-state index is 0.128. The van der Waals surface area contributed by atoms with Gasteiger partial charge in [0.25, 0.3) is 0 Å². The standard InChI is InChI=1S/C16H18N4O/c1-16(2,3)13(17)15-19-14(20-21-15)11-6-7-12-10(9-11)5-4-8-18-12/h4-9,13H,17H2,1-3H3. The number of nitrogens with two attached hydrogens (primary N) is 1. The third-order valence-electron chi connectivity index (χ3n) is 3.50. The maximum atomic E-state index is 6.15. The van der Waals surface area contributed by atoms with Crippen LogP contribution in [0.15, 0.2) is 41.1 Å². The molecule has 108 valence electrons. The summed E-state index contributed by atoms with van der Waals surface area (Å²) in [7, 11) is 0. The fourth-order valence-electron chi connectivity index (χ4n) is 2.06. The maximum absolute atomic E-state index is 6.15. The van der Waals surface area contributed by atoms with E-state index in [1.165, 1.54) is 0 Å². The molecule has 0 fully saturated rings. The summed E-state index contributed by atoms with van der Waals surface area (Å²) in [4.78, 5) is 8.73. The van der Waals surface area contributed by atoms with Crippen molar-refractivity contribution in [2.24, 2.45) is 11.1 Å². The van der Waals surface area contributed by atoms with E-state index in [9.17, 15) is 0 Å². The highest BCUT2D eigenvalue weighted by Gasteiger charge is 2.27. The van der Waals surface area contributed by atoms with Crippen LogP contribution in [0, 0.1) is 5.41 Å². The summed E-state index contributed by atoms with van der Waals surface area (Å²) in [5.41, 5.74) is 7.86. The average Bonchev–Trinajstić information content (AvgIpc) is 2.94. The van der Waals surface area contributed by atoms with Crippen molar-refractivity contribution in [2.75, 3.05) is 0 Å². The Labute approximate surface area is 123 Å². The second-order valence-corrected chi connectivity index (χ2v) is 6.21. The molecular formula is C16H18N4O. The fraction of sp³-hybridized carbons (Fsp3) is 0.312. The fourth-order valence-corrected chi connectivity index (χ4v) is 2.06. The van der Waals surface area contributed by atoms with Crippen molar-refractivity contribution in [2.45, 2.75) is 26.8 Å². The van der Waals surface area contributed by atoms with E-state index in [1.54, 1.807) is 6.20 Å². The van der Waals surface area contributed by atoms with E-state index in [1.807, 2.05) is 51.1 Å². The van der Waals surface area contributed by atoms with Crippen LogP contribution in [0.4, 0.5) is 0 Å². The van der Waals surface area contributed by atoms with Crippen LogP contribution < -0.4 is 5.73 Å². The molecule has 0 radical (unpaired) electrons. The van der Waals surface area contributed by atoms with E-state index >= 15 is 0 Å². The molecule has 0 aliphatic rings. The Morgan fingerprint density at radius 1 is 1.19 bits per heavy atom. The largest absolute Gasteiger partial charge is 0.337 e. The molecule has 0 spiro atoms. The van der Waals surface area contributed by atoms with Gasteiger partial charge in [0.15, 0.2) is 0 Å². The van der Waals surface area contributed by atoms with E-state index in [2.05, 4.69) is 15.1 Å². The van der Waals surface area contributed by atoms with Gasteiger partial charge in [-0.15, -0.1) is 0 Å². The van der Waals surface area contributed by atoms with Gasteiger partial charge in [-0.2, -0.15) is 4.98 Å². The van der Waals surface area contributed by atoms with Gasteiger partial charge in [-0.1, -0.05) is 32.0 Å². The van der Waals surface area contributed by atoms with Gasteiger partial charge in [0, 0.05) is 17.1 Å². The normalized spacial score (nSPS) is 13.5. The summed E-state index contributed by atoms with van der Waals surface area (Å²) in [6, 6.07) is 9.51. The van der Waals surface area contributed by atoms with Gasteiger partial charge in [-0.3, -0.25) is 4.98 Å². The van der Waals surface area contributed by atoms with E-state index in [-0.39, 0.29) is 11.5 Å². The molecule has 5 nitrogen and oxygen atoms in total. The van der Waals surface area contributed by atoms with Crippen molar-refractivity contribution in [3.05, 3.63) is 42.4 Å². The molecule has 2 heterocycles. The summed E-state index contributed by atoms with van der Waals surface area (Å²) in [6.45, 7) is 6.13. The van der Waals surface area contributed by atoms with Crippen molar-refractivity contribution >= 4 is 10.9 Å². The van der Waals surface area contributed by atoms with Crippen LogP contribution in [0.2, 0.25) is 0 Å². The number of hydrogen-bond donors (Lipinski definition) is 1. The predicted molar refractivity (Wildman–Crippen MR) is 81.4 cm³/mol. The van der Waals surface area contributed by atoms with Crippen molar-refractivity contribution < 1.29 is 4.52 Å². The molecule has 3 rings (SSSR count). The number of pyridine rings is 1. The van der Waals surface area contributed by atoms with Gasteiger partial charge in [0.1, 0.15) is 0 Å². The van der Waals surface area contributed by atoms with Crippen LogP contribution >= 0.6 is 0 Å². The third-order valence-corrected chi connectivity index (χ3v) is 3.50. The molecule has 3 aromatic rings. The molecule has 1 unspecified atom stereocenters. The predicted octanol–water partition coefficient (Wildman–Crippen LogP) is 3.33. The molecule has 21 heavy (non-hydrogen) atoms. The maximum Gasteiger partial charge on any atom is 0.244 e. The second kappa shape index (κ2) is 4.93. The van der Waals surface area contributed by atoms with Crippen molar-refractivity contribution in [1.29, 1.82) is 0 Å². The first kappa shape index (κ1) is 13.7. The zero-order valence-electron chi connectivity index (χ0n) is 12.4. The summed E-state index contributed by atoms with van der Waals surface area (Å²) in [6.07, 6.45) is 1.77. The van der Waals surface area contributed by atoms with Crippen LogP contribution in [-0.4, -0.2) is 15.1 Å². The smallest absolute Gasteiger partial charge is 0.244 e. The SMILES string of the molecule is CC(C)(C)C(N)c1nc(-c2ccc3ncccc3c2)no1. The Bertz CT molecular complexity index is 773. The Balaban J connectivity index is 1.98. The number of aromatic nitrogens is 3. The Morgan fingerprint density at radius 2 is 2.00 bits per heavy atom. The van der Waals surface area contributed by atoms with Crippen LogP contribution in [0.3, 0.4) is 0 Å². The quantitative estimate of drug-likeness (QED) is 0.780. The average molecular weight is 282 g/mol. The van der Waals surface area contributed by atoms with Crippen molar-refractivity contribution in [3.8, 4) is 11.4 Å². The number of nitrogens with zero attached hydrogens (tertiary/aromatic N) is 3. The molecular weight excluding hydrogens is 264 g/mol. The Morgan fingerprint density at radius 3 is 2.76 bits per heavy atom. The highest BCUT2D eigenvalue weighted by molar-refractivity contribution is 5.82. The summed E-state index contributed by atoms with van der Waals surface area (Å²) >= 11 is 0. The lowest BCUT2D eigenvalue weighted by Crippen LogP contribution is -2.26. The van der Waals surface area contributed by atoms with E-state index in [4.69, 9.17) is 10.3 Å². The van der Waals surface area contributed by atoms with Crippen LogP contribution in [0.5, 0.6) is 0 Å². The minimum atomic E-state index is -0.291. The first-order chi connectivity index (χ1) is 9.95. The lowest BCUT2D eigenvalue weighted by atomic mass is 9.87. The Hall–Kier alpha value is -2.27. The first-order valence-electron chi connectivity index (χ1n) is 6.89. The lowest BCUT2D eigenvalue weighted by Gasteiger charge is -2.23.